The molecule has 0 fully saturated rings. The average molecular weight is 461 g/mol. The van der Waals surface area contributed by atoms with Crippen LogP contribution in [0.3, 0.4) is 0 Å². The highest BCUT2D eigenvalue weighted by atomic mass is 32.2. The van der Waals surface area contributed by atoms with E-state index in [1.165, 1.54) is 27.3 Å². The van der Waals surface area contributed by atoms with Crippen molar-refractivity contribution in [3.8, 4) is 11.5 Å². The molecule has 174 valence electrons. The second-order valence-electron chi connectivity index (χ2n) is 8.99. The number of carbonyl (C=O) groups excluding carboxylic acids is 1. The predicted octanol–water partition coefficient (Wildman–Crippen LogP) is 3.61. The molecule has 1 aliphatic rings. The molecule has 0 aromatic heterocycles. The number of nitrogens with zero attached hydrogens (tertiary/aromatic N) is 1. The Bertz CT molecular complexity index is 1110. The van der Waals surface area contributed by atoms with Gasteiger partial charge in [0.05, 0.1) is 18.0 Å². The van der Waals surface area contributed by atoms with E-state index in [1.807, 2.05) is 39.0 Å². The molecule has 0 spiro atoms. The molecule has 1 atom stereocenters. The summed E-state index contributed by atoms with van der Waals surface area (Å²) in [5.74, 6) is 1.24. The Labute approximate surface area is 190 Å². The number of methoxy groups -OCH3 is 1. The number of ether oxygens (including phenoxy) is 2. The third-order valence-corrected chi connectivity index (χ3v) is 7.42. The van der Waals surface area contributed by atoms with Crippen LogP contribution in [0.25, 0.3) is 0 Å². The van der Waals surface area contributed by atoms with Crippen molar-refractivity contribution in [1.82, 2.24) is 9.62 Å². The fraction of sp³-hybridized carbons (Fsp3) is 0.458. The number of hydrogen-bond acceptors (Lipinski definition) is 5. The molecular weight excluding hydrogens is 428 g/mol. The summed E-state index contributed by atoms with van der Waals surface area (Å²) in [7, 11) is 0.933. The zero-order valence-electron chi connectivity index (χ0n) is 19.6. The summed E-state index contributed by atoms with van der Waals surface area (Å²) in [6, 6.07) is 10.6. The quantitative estimate of drug-likeness (QED) is 0.682. The smallest absolute Gasteiger partial charge is 0.242 e. The van der Waals surface area contributed by atoms with Gasteiger partial charge < -0.3 is 14.8 Å². The van der Waals surface area contributed by atoms with Crippen LogP contribution >= 0.6 is 0 Å². The van der Waals surface area contributed by atoms with E-state index >= 15 is 0 Å². The molecule has 1 aliphatic heterocycles. The van der Waals surface area contributed by atoms with Crippen LogP contribution in [-0.2, 0) is 21.2 Å². The summed E-state index contributed by atoms with van der Waals surface area (Å²) < 4.78 is 37.6. The Morgan fingerprint density at radius 3 is 2.59 bits per heavy atom. The largest absolute Gasteiger partial charge is 0.496 e. The van der Waals surface area contributed by atoms with Crippen LogP contribution in [0, 0.1) is 6.92 Å². The van der Waals surface area contributed by atoms with Crippen LogP contribution in [0.4, 0.5) is 0 Å². The van der Waals surface area contributed by atoms with Gasteiger partial charge in [0.15, 0.2) is 0 Å². The molecule has 3 rings (SSSR count). The van der Waals surface area contributed by atoms with Gasteiger partial charge in [-0.05, 0) is 57.0 Å². The average Bonchev–Trinajstić information content (AvgIpc) is 2.71. The van der Waals surface area contributed by atoms with Crippen molar-refractivity contribution in [2.75, 3.05) is 21.2 Å². The third-order valence-electron chi connectivity index (χ3n) is 5.61. The van der Waals surface area contributed by atoms with Crippen molar-refractivity contribution in [2.45, 2.75) is 56.6 Å². The van der Waals surface area contributed by atoms with Crippen molar-refractivity contribution in [1.29, 1.82) is 0 Å². The lowest BCUT2D eigenvalue weighted by Gasteiger charge is -2.38. The van der Waals surface area contributed by atoms with E-state index in [4.69, 9.17) is 9.47 Å². The summed E-state index contributed by atoms with van der Waals surface area (Å²) in [6.45, 7) is 6.03. The Morgan fingerprint density at radius 1 is 1.22 bits per heavy atom. The van der Waals surface area contributed by atoms with Gasteiger partial charge in [0.2, 0.25) is 15.9 Å². The predicted molar refractivity (Wildman–Crippen MR) is 124 cm³/mol. The van der Waals surface area contributed by atoms with Crippen molar-refractivity contribution in [3.63, 3.8) is 0 Å². The Morgan fingerprint density at radius 2 is 1.94 bits per heavy atom. The summed E-state index contributed by atoms with van der Waals surface area (Å²) in [4.78, 5) is 13.0. The maximum absolute atomic E-state index is 12.9. The summed E-state index contributed by atoms with van der Waals surface area (Å²) in [5.41, 5.74) is 2.37. The first kappa shape index (κ1) is 24.1. The van der Waals surface area contributed by atoms with Crippen LogP contribution in [0.1, 0.15) is 49.4 Å². The van der Waals surface area contributed by atoms with E-state index in [1.54, 1.807) is 12.1 Å². The minimum atomic E-state index is -3.57. The van der Waals surface area contributed by atoms with Gasteiger partial charge in [-0.2, -0.15) is 0 Å². The first-order chi connectivity index (χ1) is 14.9. The van der Waals surface area contributed by atoms with Gasteiger partial charge in [-0.25, -0.2) is 12.7 Å². The molecule has 1 N–H and O–H groups in total. The Balaban J connectivity index is 1.76. The zero-order valence-corrected chi connectivity index (χ0v) is 20.4. The highest BCUT2D eigenvalue weighted by Gasteiger charge is 2.34. The van der Waals surface area contributed by atoms with Crippen molar-refractivity contribution >= 4 is 15.9 Å². The summed E-state index contributed by atoms with van der Waals surface area (Å²) in [5, 5.41) is 3.14. The van der Waals surface area contributed by atoms with Gasteiger partial charge >= 0.3 is 0 Å². The normalized spacial score (nSPS) is 17.4. The minimum Gasteiger partial charge on any atom is -0.496 e. The molecule has 0 aliphatic carbocycles. The molecule has 1 heterocycles. The molecule has 7 nitrogen and oxygen atoms in total. The van der Waals surface area contributed by atoms with Crippen LogP contribution in [0.5, 0.6) is 11.5 Å². The number of rotatable bonds is 7. The Hall–Kier alpha value is -2.58. The van der Waals surface area contributed by atoms with Gasteiger partial charge in [0.1, 0.15) is 17.1 Å². The van der Waals surface area contributed by atoms with Crippen molar-refractivity contribution in [3.05, 3.63) is 53.1 Å². The lowest BCUT2D eigenvalue weighted by atomic mass is 9.89. The van der Waals surface area contributed by atoms with Crippen molar-refractivity contribution in [2.24, 2.45) is 0 Å². The lowest BCUT2D eigenvalue weighted by molar-refractivity contribution is -0.122. The van der Waals surface area contributed by atoms with Gasteiger partial charge in [-0.1, -0.05) is 17.7 Å². The first-order valence-electron chi connectivity index (χ1n) is 10.6. The Kier molecular flexibility index (Phi) is 6.86. The van der Waals surface area contributed by atoms with E-state index in [9.17, 15) is 13.2 Å². The van der Waals surface area contributed by atoms with Crippen molar-refractivity contribution < 1.29 is 22.7 Å². The number of amides is 1. The molecule has 0 saturated heterocycles. The maximum atomic E-state index is 12.9. The first-order valence-corrected chi connectivity index (χ1v) is 12.1. The molecule has 0 unspecified atom stereocenters. The molecular formula is C24H32N2O5S. The number of nitrogens with one attached hydrogen (secondary N) is 1. The monoisotopic (exact) mass is 460 g/mol. The second kappa shape index (κ2) is 9.11. The van der Waals surface area contributed by atoms with Crippen LogP contribution in [0.15, 0.2) is 41.3 Å². The van der Waals surface area contributed by atoms with E-state index in [-0.39, 0.29) is 23.3 Å². The molecule has 2 aromatic rings. The molecule has 1 amide bonds. The maximum Gasteiger partial charge on any atom is 0.242 e. The van der Waals surface area contributed by atoms with Gasteiger partial charge in [0.25, 0.3) is 0 Å². The standard InChI is InChI=1S/C24H32N2O5S/c1-16-7-10-22-19(13-16)20(15-24(2,3)31-22)25-23(27)12-8-17-14-18(9-11-21(17)30-6)32(28,29)26(4)5/h7,9-11,13-14,20H,8,12,15H2,1-6H3,(H,25,27)/t20-/m1/s1. The highest BCUT2D eigenvalue weighted by molar-refractivity contribution is 7.89. The van der Waals surface area contributed by atoms with E-state index in [0.717, 1.165) is 21.2 Å². The SMILES string of the molecule is COc1ccc(S(=O)(=O)N(C)C)cc1CCC(=O)N[C@@H]1CC(C)(C)Oc2ccc(C)cc21. The number of fused-ring (bicyclic) bond motifs is 1. The molecule has 32 heavy (non-hydrogen) atoms. The molecule has 0 radical (unpaired) electrons. The zero-order chi connectivity index (χ0) is 23.7. The fourth-order valence-corrected chi connectivity index (χ4v) is 4.89. The number of aryl methyl sites for hydroxylation is 2. The highest BCUT2D eigenvalue weighted by Crippen LogP contribution is 2.40. The van der Waals surface area contributed by atoms with E-state index in [2.05, 4.69) is 5.32 Å². The van der Waals surface area contributed by atoms with Gasteiger partial charge in [-0.3, -0.25) is 4.79 Å². The lowest BCUT2D eigenvalue weighted by Crippen LogP contribution is -2.41. The molecule has 2 aromatic carbocycles. The second-order valence-corrected chi connectivity index (χ2v) is 11.1. The summed E-state index contributed by atoms with van der Waals surface area (Å²) in [6.07, 6.45) is 1.23. The number of hydrogen-bond donors (Lipinski definition) is 1. The van der Waals surface area contributed by atoms with Gasteiger partial charge in [0, 0.05) is 32.5 Å². The fourth-order valence-electron chi connectivity index (χ4n) is 3.94. The van der Waals surface area contributed by atoms with Crippen LogP contribution < -0.4 is 14.8 Å². The summed E-state index contributed by atoms with van der Waals surface area (Å²) >= 11 is 0. The van der Waals surface area contributed by atoms with Gasteiger partial charge in [-0.15, -0.1) is 0 Å². The number of sulfonamides is 1. The minimum absolute atomic E-state index is 0.108. The van der Waals surface area contributed by atoms with Crippen LogP contribution in [-0.4, -0.2) is 45.4 Å². The number of benzene rings is 2. The van der Waals surface area contributed by atoms with E-state index < -0.39 is 15.6 Å². The number of carbonyl (C=O) groups is 1. The van der Waals surface area contributed by atoms with Crippen LogP contribution in [0.2, 0.25) is 0 Å². The molecule has 0 bridgehead atoms. The third kappa shape index (κ3) is 5.24. The topological polar surface area (TPSA) is 84.9 Å². The molecule has 8 heteroatoms. The molecule has 0 saturated carbocycles. The van der Waals surface area contributed by atoms with E-state index in [0.29, 0.717) is 24.2 Å².